The average molecular weight is 441 g/mol. The van der Waals surface area contributed by atoms with E-state index < -0.39 is 15.8 Å². The number of sulfonamides is 1. The largest absolute Gasteiger partial charge is 0.381 e. The number of anilines is 1. The summed E-state index contributed by atoms with van der Waals surface area (Å²) >= 11 is 6.21. The Morgan fingerprint density at radius 2 is 1.79 bits per heavy atom. The normalized spacial score (nSPS) is 15.4. The molecule has 1 aliphatic heterocycles. The Balaban J connectivity index is 1.88. The van der Waals surface area contributed by atoms with E-state index in [1.807, 2.05) is 0 Å². The van der Waals surface area contributed by atoms with Gasteiger partial charge in [0.15, 0.2) is 0 Å². The maximum absolute atomic E-state index is 13.1. The van der Waals surface area contributed by atoms with E-state index in [0.29, 0.717) is 31.6 Å². The Morgan fingerprint density at radius 1 is 1.17 bits per heavy atom. The van der Waals surface area contributed by atoms with Crippen molar-refractivity contribution in [1.82, 2.24) is 4.90 Å². The molecule has 156 valence electrons. The SMILES string of the molecule is COC1CCN(C(=O)c2cc(S(=O)(=O)N(C)c3ccc(F)cc3)ccc2Cl)CC1. The third kappa shape index (κ3) is 4.55. The first-order valence-corrected chi connectivity index (χ1v) is 10.9. The summed E-state index contributed by atoms with van der Waals surface area (Å²) in [5.41, 5.74) is 0.437. The number of carbonyl (C=O) groups excluding carboxylic acids is 1. The lowest BCUT2D eigenvalue weighted by Gasteiger charge is -2.31. The van der Waals surface area contributed by atoms with Crippen molar-refractivity contribution >= 4 is 33.2 Å². The highest BCUT2D eigenvalue weighted by molar-refractivity contribution is 7.92. The maximum Gasteiger partial charge on any atom is 0.264 e. The second-order valence-electron chi connectivity index (χ2n) is 6.82. The van der Waals surface area contributed by atoms with E-state index in [0.717, 1.165) is 4.31 Å². The number of amides is 1. The standard InChI is InChI=1S/C20H22ClFN2O4S/c1-23(15-5-3-14(22)4-6-15)29(26,27)17-7-8-19(21)18(13-17)20(25)24-11-9-16(28-2)10-12-24/h3-8,13,16H,9-12H2,1-2H3. The zero-order valence-corrected chi connectivity index (χ0v) is 17.7. The molecule has 1 heterocycles. The molecule has 0 N–H and O–H groups in total. The third-order valence-electron chi connectivity index (χ3n) is 5.08. The molecule has 29 heavy (non-hydrogen) atoms. The minimum atomic E-state index is -3.96. The molecule has 0 spiro atoms. The van der Waals surface area contributed by atoms with Gasteiger partial charge in [0.05, 0.1) is 27.3 Å². The number of likely N-dealkylation sites (tertiary alicyclic amines) is 1. The molecule has 9 heteroatoms. The summed E-state index contributed by atoms with van der Waals surface area (Å²) in [6, 6.07) is 9.16. The molecule has 0 saturated carbocycles. The van der Waals surface area contributed by atoms with E-state index in [1.165, 1.54) is 49.5 Å². The minimum Gasteiger partial charge on any atom is -0.381 e. The first kappa shape index (κ1) is 21.5. The number of nitrogens with zero attached hydrogens (tertiary/aromatic N) is 2. The van der Waals surface area contributed by atoms with Gasteiger partial charge in [-0.05, 0) is 55.3 Å². The zero-order chi connectivity index (χ0) is 21.2. The lowest BCUT2D eigenvalue weighted by Crippen LogP contribution is -2.40. The summed E-state index contributed by atoms with van der Waals surface area (Å²) < 4.78 is 45.5. The Hall–Kier alpha value is -2.16. The molecule has 1 fully saturated rings. The van der Waals surface area contributed by atoms with Gasteiger partial charge in [0.2, 0.25) is 0 Å². The third-order valence-corrected chi connectivity index (χ3v) is 7.19. The number of benzene rings is 2. The monoisotopic (exact) mass is 440 g/mol. The van der Waals surface area contributed by atoms with Crippen LogP contribution in [-0.2, 0) is 14.8 Å². The van der Waals surface area contributed by atoms with Crippen LogP contribution in [0.2, 0.25) is 5.02 Å². The Labute approximate surface area is 174 Å². The number of carbonyl (C=O) groups is 1. The highest BCUT2D eigenvalue weighted by Crippen LogP contribution is 2.27. The first-order chi connectivity index (χ1) is 13.7. The van der Waals surface area contributed by atoms with Crippen LogP contribution in [0.3, 0.4) is 0 Å². The van der Waals surface area contributed by atoms with Crippen LogP contribution in [0.5, 0.6) is 0 Å². The summed E-state index contributed by atoms with van der Waals surface area (Å²) in [5.74, 6) is -0.776. The molecule has 1 aliphatic rings. The van der Waals surface area contributed by atoms with Crippen LogP contribution in [0.15, 0.2) is 47.4 Å². The van der Waals surface area contributed by atoms with Gasteiger partial charge in [-0.3, -0.25) is 9.10 Å². The molecule has 1 saturated heterocycles. The highest BCUT2D eigenvalue weighted by atomic mass is 35.5. The van der Waals surface area contributed by atoms with Crippen molar-refractivity contribution in [3.05, 3.63) is 58.9 Å². The number of rotatable bonds is 5. The molecule has 2 aromatic rings. The molecular formula is C20H22ClFN2O4S. The Morgan fingerprint density at radius 3 is 2.38 bits per heavy atom. The smallest absolute Gasteiger partial charge is 0.264 e. The summed E-state index contributed by atoms with van der Waals surface area (Å²) in [5, 5.41) is 0.187. The van der Waals surface area contributed by atoms with Gasteiger partial charge in [-0.1, -0.05) is 11.6 Å². The van der Waals surface area contributed by atoms with Crippen LogP contribution in [0.4, 0.5) is 10.1 Å². The van der Waals surface area contributed by atoms with Crippen molar-refractivity contribution in [2.75, 3.05) is 31.6 Å². The zero-order valence-electron chi connectivity index (χ0n) is 16.1. The van der Waals surface area contributed by atoms with E-state index in [1.54, 1.807) is 12.0 Å². The molecule has 2 aromatic carbocycles. The fraction of sp³-hybridized carbons (Fsp3) is 0.350. The average Bonchev–Trinajstić information content (AvgIpc) is 2.73. The van der Waals surface area contributed by atoms with Crippen LogP contribution in [0.1, 0.15) is 23.2 Å². The predicted octanol–water partition coefficient (Wildman–Crippen LogP) is 3.56. The fourth-order valence-electron chi connectivity index (χ4n) is 3.24. The summed E-state index contributed by atoms with van der Waals surface area (Å²) in [6.07, 6.45) is 1.54. The number of hydrogen-bond donors (Lipinski definition) is 0. The highest BCUT2D eigenvalue weighted by Gasteiger charge is 2.28. The molecule has 0 radical (unpaired) electrons. The van der Waals surface area contributed by atoms with Crippen LogP contribution in [0, 0.1) is 5.82 Å². The first-order valence-electron chi connectivity index (χ1n) is 9.10. The Bertz CT molecular complexity index is 990. The van der Waals surface area contributed by atoms with E-state index in [9.17, 15) is 17.6 Å². The van der Waals surface area contributed by atoms with Gasteiger partial charge in [-0.15, -0.1) is 0 Å². The summed E-state index contributed by atoms with van der Waals surface area (Å²) in [6.45, 7) is 1.03. The van der Waals surface area contributed by atoms with Crippen molar-refractivity contribution in [2.24, 2.45) is 0 Å². The lowest BCUT2D eigenvalue weighted by molar-refractivity contribution is 0.0351. The van der Waals surface area contributed by atoms with Gasteiger partial charge < -0.3 is 9.64 Å². The van der Waals surface area contributed by atoms with Gasteiger partial charge in [-0.25, -0.2) is 12.8 Å². The predicted molar refractivity (Wildman–Crippen MR) is 109 cm³/mol. The van der Waals surface area contributed by atoms with Crippen molar-refractivity contribution in [3.63, 3.8) is 0 Å². The minimum absolute atomic E-state index is 0.0659. The molecule has 0 aromatic heterocycles. The number of piperidine rings is 1. The van der Waals surface area contributed by atoms with Crippen molar-refractivity contribution in [1.29, 1.82) is 0 Å². The van der Waals surface area contributed by atoms with Crippen LogP contribution in [-0.4, -0.2) is 52.6 Å². The molecule has 3 rings (SSSR count). The molecule has 0 bridgehead atoms. The number of ether oxygens (including phenoxy) is 1. The van der Waals surface area contributed by atoms with Crippen molar-refractivity contribution < 1.29 is 22.3 Å². The van der Waals surface area contributed by atoms with Crippen LogP contribution in [0.25, 0.3) is 0 Å². The Kier molecular flexibility index (Phi) is 6.45. The number of methoxy groups -OCH3 is 1. The molecule has 0 atom stereocenters. The van der Waals surface area contributed by atoms with Crippen molar-refractivity contribution in [2.45, 2.75) is 23.8 Å². The molecule has 0 unspecified atom stereocenters. The summed E-state index contributed by atoms with van der Waals surface area (Å²) in [4.78, 5) is 14.5. The summed E-state index contributed by atoms with van der Waals surface area (Å²) in [7, 11) is -0.947. The molecule has 1 amide bonds. The van der Waals surface area contributed by atoms with E-state index in [4.69, 9.17) is 16.3 Å². The number of halogens is 2. The van der Waals surface area contributed by atoms with E-state index in [2.05, 4.69) is 0 Å². The molecule has 6 nitrogen and oxygen atoms in total. The van der Waals surface area contributed by atoms with E-state index in [-0.39, 0.29) is 27.5 Å². The van der Waals surface area contributed by atoms with Gasteiger partial charge >= 0.3 is 0 Å². The maximum atomic E-state index is 13.1. The van der Waals surface area contributed by atoms with Gasteiger partial charge in [0.25, 0.3) is 15.9 Å². The van der Waals surface area contributed by atoms with E-state index >= 15 is 0 Å². The second-order valence-corrected chi connectivity index (χ2v) is 9.19. The van der Waals surface area contributed by atoms with Crippen molar-refractivity contribution in [3.8, 4) is 0 Å². The molecule has 0 aliphatic carbocycles. The van der Waals surface area contributed by atoms with Crippen LogP contribution < -0.4 is 4.31 Å². The lowest BCUT2D eigenvalue weighted by atomic mass is 10.1. The van der Waals surface area contributed by atoms with Gasteiger partial charge in [0, 0.05) is 27.2 Å². The van der Waals surface area contributed by atoms with Crippen LogP contribution >= 0.6 is 11.6 Å². The fourth-order valence-corrected chi connectivity index (χ4v) is 4.66. The quantitative estimate of drug-likeness (QED) is 0.713. The van der Waals surface area contributed by atoms with Gasteiger partial charge in [0.1, 0.15) is 5.82 Å². The number of hydrogen-bond acceptors (Lipinski definition) is 4. The van der Waals surface area contributed by atoms with Gasteiger partial charge in [-0.2, -0.15) is 0 Å². The second kappa shape index (κ2) is 8.69. The molecular weight excluding hydrogens is 419 g/mol. The topological polar surface area (TPSA) is 66.9 Å².